The number of pyridine rings is 1. The Labute approximate surface area is 139 Å². The largest absolute Gasteiger partial charge is 0.321 e. The zero-order valence-electron chi connectivity index (χ0n) is 13.0. The maximum Gasteiger partial charge on any atom is 0.321 e. The summed E-state index contributed by atoms with van der Waals surface area (Å²) in [5.41, 5.74) is 0. The number of imide groups is 1. The van der Waals surface area contributed by atoms with Crippen LogP contribution in [0.4, 0.5) is 10.6 Å². The minimum Gasteiger partial charge on any atom is -0.320 e. The summed E-state index contributed by atoms with van der Waals surface area (Å²) in [4.78, 5) is 42.3. The number of nitrogens with zero attached hydrogens (tertiary/aromatic N) is 2. The van der Waals surface area contributed by atoms with Crippen molar-refractivity contribution in [3.05, 3.63) is 36.5 Å². The van der Waals surface area contributed by atoms with Gasteiger partial charge in [0, 0.05) is 6.20 Å². The minimum atomic E-state index is -0.495. The van der Waals surface area contributed by atoms with E-state index in [-0.39, 0.29) is 42.2 Å². The van der Waals surface area contributed by atoms with Gasteiger partial charge in [-0.3, -0.25) is 19.8 Å². The molecule has 1 aromatic rings. The first kappa shape index (κ1) is 14.9. The molecule has 0 unspecified atom stereocenters. The van der Waals surface area contributed by atoms with Crippen LogP contribution in [0, 0.1) is 23.7 Å². The molecule has 5 rings (SSSR count). The number of likely N-dealkylation sites (tertiary alicyclic amines) is 1. The van der Waals surface area contributed by atoms with Gasteiger partial charge in [-0.05, 0) is 36.8 Å². The van der Waals surface area contributed by atoms with Crippen molar-refractivity contribution in [3.63, 3.8) is 0 Å². The number of carbonyl (C=O) groups is 3. The molecule has 24 heavy (non-hydrogen) atoms. The van der Waals surface area contributed by atoms with Gasteiger partial charge in [-0.15, -0.1) is 0 Å². The van der Waals surface area contributed by atoms with E-state index < -0.39 is 6.03 Å². The third-order valence-corrected chi connectivity index (χ3v) is 5.15. The Balaban J connectivity index is 1.40. The highest BCUT2D eigenvalue weighted by atomic mass is 16.2. The van der Waals surface area contributed by atoms with Crippen molar-refractivity contribution in [2.24, 2.45) is 23.7 Å². The van der Waals surface area contributed by atoms with Crippen LogP contribution < -0.4 is 10.6 Å². The van der Waals surface area contributed by atoms with Gasteiger partial charge >= 0.3 is 6.03 Å². The first-order chi connectivity index (χ1) is 11.6. The van der Waals surface area contributed by atoms with Crippen molar-refractivity contribution in [1.82, 2.24) is 15.2 Å². The molecule has 3 aliphatic carbocycles. The number of allylic oxidation sites excluding steroid dienone is 2. The lowest BCUT2D eigenvalue weighted by atomic mass is 9.63. The summed E-state index contributed by atoms with van der Waals surface area (Å²) in [5.74, 6) is -0.106. The Hall–Kier alpha value is -2.70. The van der Waals surface area contributed by atoms with Crippen molar-refractivity contribution < 1.29 is 14.4 Å². The lowest BCUT2D eigenvalue weighted by Gasteiger charge is -2.38. The molecule has 2 N–H and O–H groups in total. The lowest BCUT2D eigenvalue weighted by Crippen LogP contribution is -2.43. The highest BCUT2D eigenvalue weighted by Crippen LogP contribution is 2.49. The number of fused-ring (bicyclic) bond motifs is 1. The molecule has 1 saturated carbocycles. The van der Waals surface area contributed by atoms with E-state index in [9.17, 15) is 14.4 Å². The highest BCUT2D eigenvalue weighted by molar-refractivity contribution is 6.06. The average molecular weight is 326 g/mol. The van der Waals surface area contributed by atoms with Crippen LogP contribution in [-0.2, 0) is 9.59 Å². The molecule has 4 amide bonds. The second-order valence-corrected chi connectivity index (χ2v) is 6.45. The molecule has 1 saturated heterocycles. The first-order valence-electron chi connectivity index (χ1n) is 8.14. The summed E-state index contributed by atoms with van der Waals surface area (Å²) >= 11 is 0. The van der Waals surface area contributed by atoms with Crippen LogP contribution >= 0.6 is 0 Å². The zero-order valence-corrected chi connectivity index (χ0v) is 13.0. The molecule has 1 aliphatic heterocycles. The van der Waals surface area contributed by atoms with Crippen LogP contribution in [0.15, 0.2) is 36.5 Å². The molecule has 124 valence electrons. The third kappa shape index (κ3) is 2.36. The predicted octanol–water partition coefficient (Wildman–Crippen LogP) is 1.36. The fraction of sp³-hybridized carbons (Fsp3) is 0.412. The summed E-state index contributed by atoms with van der Waals surface area (Å²) < 4.78 is 0. The third-order valence-electron chi connectivity index (χ3n) is 5.15. The van der Waals surface area contributed by atoms with Gasteiger partial charge in [0.1, 0.15) is 12.5 Å². The topological polar surface area (TPSA) is 91.4 Å². The number of anilines is 1. The van der Waals surface area contributed by atoms with Crippen molar-refractivity contribution >= 4 is 23.7 Å². The monoisotopic (exact) mass is 326 g/mol. The van der Waals surface area contributed by atoms with E-state index in [0.717, 1.165) is 12.8 Å². The van der Waals surface area contributed by atoms with Crippen LogP contribution in [0.2, 0.25) is 0 Å². The Morgan fingerprint density at radius 3 is 2.33 bits per heavy atom. The minimum absolute atomic E-state index is 0.108. The fourth-order valence-corrected chi connectivity index (χ4v) is 4.04. The van der Waals surface area contributed by atoms with E-state index in [1.165, 1.54) is 4.90 Å². The van der Waals surface area contributed by atoms with Crippen LogP contribution in [0.5, 0.6) is 0 Å². The van der Waals surface area contributed by atoms with E-state index in [2.05, 4.69) is 27.8 Å². The number of aromatic nitrogens is 1. The van der Waals surface area contributed by atoms with Crippen molar-refractivity contribution in [1.29, 1.82) is 0 Å². The number of nitrogens with one attached hydrogen (secondary N) is 2. The second-order valence-electron chi connectivity index (χ2n) is 6.45. The summed E-state index contributed by atoms with van der Waals surface area (Å²) in [6.07, 6.45) is 7.64. The van der Waals surface area contributed by atoms with Gasteiger partial charge in [0.05, 0.1) is 11.8 Å². The molecule has 2 fully saturated rings. The zero-order chi connectivity index (χ0) is 16.7. The maximum absolute atomic E-state index is 12.6. The second kappa shape index (κ2) is 5.74. The maximum atomic E-state index is 12.6. The van der Waals surface area contributed by atoms with E-state index in [1.54, 1.807) is 24.4 Å². The molecule has 4 atom stereocenters. The van der Waals surface area contributed by atoms with E-state index in [1.807, 2.05) is 0 Å². The molecule has 7 heteroatoms. The molecular formula is C17H18N4O3. The smallest absolute Gasteiger partial charge is 0.320 e. The molecule has 1 aromatic heterocycles. The van der Waals surface area contributed by atoms with E-state index in [0.29, 0.717) is 5.82 Å². The Kier molecular flexibility index (Phi) is 3.55. The molecule has 0 radical (unpaired) electrons. The van der Waals surface area contributed by atoms with Gasteiger partial charge in [0.15, 0.2) is 0 Å². The number of hydrogen-bond acceptors (Lipinski definition) is 4. The quantitative estimate of drug-likeness (QED) is 0.648. The molecular weight excluding hydrogens is 308 g/mol. The van der Waals surface area contributed by atoms with Crippen LogP contribution in [-0.4, -0.2) is 34.4 Å². The van der Waals surface area contributed by atoms with Crippen LogP contribution in [0.1, 0.15) is 12.8 Å². The number of rotatable bonds is 3. The summed E-state index contributed by atoms with van der Waals surface area (Å²) in [7, 11) is 0. The number of carbonyl (C=O) groups excluding carboxylic acids is 3. The van der Waals surface area contributed by atoms with Gasteiger partial charge in [-0.2, -0.15) is 0 Å². The molecule has 0 spiro atoms. The summed E-state index contributed by atoms with van der Waals surface area (Å²) in [6, 6.07) is 4.66. The summed E-state index contributed by atoms with van der Waals surface area (Å²) in [5, 5.41) is 5.13. The number of amides is 4. The number of urea groups is 1. The van der Waals surface area contributed by atoms with Crippen molar-refractivity contribution in [3.8, 4) is 0 Å². The van der Waals surface area contributed by atoms with Gasteiger partial charge < -0.3 is 5.32 Å². The summed E-state index contributed by atoms with van der Waals surface area (Å²) in [6.45, 7) is -0.108. The Bertz CT molecular complexity index is 686. The molecule has 2 bridgehead atoms. The van der Waals surface area contributed by atoms with Crippen LogP contribution in [0.3, 0.4) is 0 Å². The van der Waals surface area contributed by atoms with Crippen LogP contribution in [0.25, 0.3) is 0 Å². The van der Waals surface area contributed by atoms with E-state index >= 15 is 0 Å². The highest BCUT2D eigenvalue weighted by Gasteiger charge is 2.56. The van der Waals surface area contributed by atoms with Gasteiger partial charge in [0.25, 0.3) is 0 Å². The Morgan fingerprint density at radius 1 is 1.12 bits per heavy atom. The van der Waals surface area contributed by atoms with Crippen molar-refractivity contribution in [2.45, 2.75) is 12.8 Å². The lowest BCUT2D eigenvalue weighted by molar-refractivity contribution is -0.140. The normalized spacial score (nSPS) is 30.4. The first-order valence-corrected chi connectivity index (χ1v) is 8.14. The van der Waals surface area contributed by atoms with Gasteiger partial charge in [-0.1, -0.05) is 18.2 Å². The fourth-order valence-electron chi connectivity index (χ4n) is 4.04. The predicted molar refractivity (Wildman–Crippen MR) is 85.4 cm³/mol. The molecule has 2 heterocycles. The van der Waals surface area contributed by atoms with Gasteiger partial charge in [0.2, 0.25) is 11.8 Å². The molecule has 7 nitrogen and oxygen atoms in total. The van der Waals surface area contributed by atoms with E-state index in [4.69, 9.17) is 0 Å². The number of hydrogen-bond donors (Lipinski definition) is 2. The Morgan fingerprint density at radius 2 is 1.79 bits per heavy atom. The standard InChI is InChI=1S/C17H18N4O3/c22-15-13-10-4-5-11(7-6-10)14(13)16(23)21(15)9-19-17(24)20-12-3-1-2-8-18-12/h1-5,8,10-11,13-14H,6-7,9H2,(H2,18,19,20,24)/t10-,11-,13-,14+/m0/s1. The average Bonchev–Trinajstić information content (AvgIpc) is 2.88. The molecule has 4 aliphatic rings. The molecule has 0 aromatic carbocycles. The SMILES string of the molecule is O=C(NCN1C(=O)[C@@H]2[C@H](C1=O)[C@H]1C=C[C@H]2CC1)Nc1ccccn1. The van der Waals surface area contributed by atoms with Crippen molar-refractivity contribution in [2.75, 3.05) is 12.0 Å². The van der Waals surface area contributed by atoms with Gasteiger partial charge in [-0.25, -0.2) is 9.78 Å².